The molecule has 8 heteroatoms. The number of fused-ring (bicyclic) bond motifs is 1. The summed E-state index contributed by atoms with van der Waals surface area (Å²) >= 11 is 7.98. The van der Waals surface area contributed by atoms with Crippen LogP contribution in [0.25, 0.3) is 23.1 Å². The lowest BCUT2D eigenvalue weighted by molar-refractivity contribution is -0.138. The van der Waals surface area contributed by atoms with E-state index in [0.29, 0.717) is 17.0 Å². The Bertz CT molecular complexity index is 1860. The number of aromatic nitrogens is 1. The number of benzene rings is 3. The van der Waals surface area contributed by atoms with Crippen molar-refractivity contribution in [1.82, 2.24) is 10.3 Å². The molecule has 6 nitrogen and oxygen atoms in total. The molecule has 1 aromatic heterocycles. The quantitative estimate of drug-likeness (QED) is 0.124. The lowest BCUT2D eigenvalue weighted by Gasteiger charge is -2.30. The normalized spacial score (nSPS) is 17.8. The SMILES string of the molecule is C1CCC(NC2CCCCC2)CC1.COC(=O)c1ccccc1CC[C@@H](SCC1(CC(=O)O)CC1)c1cccc(C=Cc2ccc3ccc(Cl)cc3n2)c1. The van der Waals surface area contributed by atoms with Crippen LogP contribution in [0.5, 0.6) is 0 Å². The fourth-order valence-electron chi connectivity index (χ4n) is 7.94. The second-order valence-corrected chi connectivity index (χ2v) is 17.1. The van der Waals surface area contributed by atoms with Gasteiger partial charge in [0, 0.05) is 33.5 Å². The maximum absolute atomic E-state index is 12.3. The summed E-state index contributed by atoms with van der Waals surface area (Å²) in [6, 6.07) is 27.5. The molecule has 3 saturated carbocycles. The Balaban J connectivity index is 0.000000321. The Morgan fingerprint density at radius 3 is 2.30 bits per heavy atom. The number of halogens is 1. The van der Waals surface area contributed by atoms with Crippen LogP contribution in [0.4, 0.5) is 0 Å². The van der Waals surface area contributed by atoms with Gasteiger partial charge in [0.25, 0.3) is 0 Å². The third-order valence-electron chi connectivity index (χ3n) is 11.3. The van der Waals surface area contributed by atoms with Gasteiger partial charge >= 0.3 is 11.9 Å². The van der Waals surface area contributed by atoms with Crippen LogP contribution in [-0.4, -0.2) is 47.0 Å². The highest BCUT2D eigenvalue weighted by Gasteiger charge is 2.44. The predicted molar refractivity (Wildman–Crippen MR) is 224 cm³/mol. The Morgan fingerprint density at radius 1 is 0.907 bits per heavy atom. The minimum atomic E-state index is -0.733. The molecule has 3 fully saturated rings. The van der Waals surface area contributed by atoms with Gasteiger partial charge in [0.1, 0.15) is 0 Å². The molecular weight excluding hydrogens is 712 g/mol. The van der Waals surface area contributed by atoms with E-state index < -0.39 is 5.97 Å². The van der Waals surface area contributed by atoms with Gasteiger partial charge in [-0.1, -0.05) is 111 Å². The number of hydrogen-bond acceptors (Lipinski definition) is 6. The molecule has 54 heavy (non-hydrogen) atoms. The number of nitrogens with zero attached hydrogens (tertiary/aromatic N) is 1. The largest absolute Gasteiger partial charge is 0.481 e. The summed E-state index contributed by atoms with van der Waals surface area (Å²) < 4.78 is 5.00. The number of ether oxygens (including phenoxy) is 1. The number of nitrogens with one attached hydrogen (secondary N) is 1. The van der Waals surface area contributed by atoms with Gasteiger partial charge < -0.3 is 15.2 Å². The summed E-state index contributed by atoms with van der Waals surface area (Å²) in [5.41, 5.74) is 5.37. The zero-order valence-electron chi connectivity index (χ0n) is 31.6. The van der Waals surface area contributed by atoms with Crippen LogP contribution in [0.3, 0.4) is 0 Å². The number of methoxy groups -OCH3 is 1. The number of carbonyl (C=O) groups excluding carboxylic acids is 1. The first-order valence-corrected chi connectivity index (χ1v) is 21.3. The van der Waals surface area contributed by atoms with Crippen molar-refractivity contribution < 1.29 is 19.4 Å². The van der Waals surface area contributed by atoms with E-state index in [9.17, 15) is 14.7 Å². The monoisotopic (exact) mass is 766 g/mol. The summed E-state index contributed by atoms with van der Waals surface area (Å²) in [6.45, 7) is 0. The number of rotatable bonds is 14. The zero-order chi connectivity index (χ0) is 37.8. The molecule has 0 amide bonds. The number of aryl methyl sites for hydroxylation is 1. The molecule has 0 bridgehead atoms. The van der Waals surface area contributed by atoms with Crippen LogP contribution in [0.1, 0.15) is 128 Å². The lowest BCUT2D eigenvalue weighted by atomic mass is 9.91. The van der Waals surface area contributed by atoms with Crippen molar-refractivity contribution in [2.45, 2.75) is 114 Å². The van der Waals surface area contributed by atoms with E-state index in [0.717, 1.165) is 64.8 Å². The minimum absolute atomic E-state index is 0.110. The number of carboxylic acids is 1. The van der Waals surface area contributed by atoms with Crippen LogP contribution in [0.15, 0.2) is 78.9 Å². The molecule has 0 saturated heterocycles. The van der Waals surface area contributed by atoms with Gasteiger partial charge in [-0.3, -0.25) is 4.79 Å². The molecule has 0 spiro atoms. The van der Waals surface area contributed by atoms with Crippen molar-refractivity contribution in [3.05, 3.63) is 112 Å². The van der Waals surface area contributed by atoms with Crippen molar-refractivity contribution in [1.29, 1.82) is 0 Å². The molecule has 0 aliphatic heterocycles. The van der Waals surface area contributed by atoms with E-state index in [2.05, 4.69) is 35.7 Å². The molecule has 4 aromatic rings. The summed E-state index contributed by atoms with van der Waals surface area (Å²) in [6.07, 6.45) is 22.3. The lowest BCUT2D eigenvalue weighted by Crippen LogP contribution is -2.40. The smallest absolute Gasteiger partial charge is 0.338 e. The molecule has 0 radical (unpaired) electrons. The Labute approximate surface area is 330 Å². The molecule has 286 valence electrons. The van der Waals surface area contributed by atoms with Gasteiger partial charge in [-0.15, -0.1) is 0 Å². The standard InChI is InChI=1S/C34H32ClNO4S.C12H23N/c1-40-33(39)29-8-3-2-6-24(29)12-16-31(41-22-34(17-18-34)21-32(37)38)26-7-4-5-23(19-26)9-14-28-15-11-25-10-13-27(35)20-30(25)36-28;1-3-7-11(8-4-1)13-12-9-5-2-6-10-12/h2-11,13-15,19-20,31H,12,16-18,21-22H2,1H3,(H,37,38);11-13H,1-10H2/t31-;/m1./s1. The number of thioether (sulfide) groups is 1. The Kier molecular flexibility index (Phi) is 14.7. The van der Waals surface area contributed by atoms with Gasteiger partial charge in [0.05, 0.1) is 30.3 Å². The second kappa shape index (κ2) is 19.8. The van der Waals surface area contributed by atoms with E-state index >= 15 is 0 Å². The van der Waals surface area contributed by atoms with Gasteiger partial charge in [-0.2, -0.15) is 11.8 Å². The highest BCUT2D eigenvalue weighted by atomic mass is 35.5. The number of aliphatic carboxylic acids is 1. The number of pyridine rings is 1. The van der Waals surface area contributed by atoms with Crippen molar-refractivity contribution in [2.24, 2.45) is 5.41 Å². The van der Waals surface area contributed by atoms with Crippen LogP contribution in [0.2, 0.25) is 5.02 Å². The van der Waals surface area contributed by atoms with Crippen LogP contribution >= 0.6 is 23.4 Å². The summed E-state index contributed by atoms with van der Waals surface area (Å²) in [5, 5.41) is 15.1. The average Bonchev–Trinajstić information content (AvgIpc) is 3.96. The number of carboxylic acid groups (broad SMARTS) is 1. The first-order chi connectivity index (χ1) is 26.3. The van der Waals surface area contributed by atoms with E-state index in [1.807, 2.05) is 66.4 Å². The van der Waals surface area contributed by atoms with Crippen molar-refractivity contribution in [3.8, 4) is 0 Å². The molecule has 7 rings (SSSR count). The molecule has 1 atom stereocenters. The Morgan fingerprint density at radius 2 is 1.61 bits per heavy atom. The number of hydrogen-bond donors (Lipinski definition) is 2. The van der Waals surface area contributed by atoms with E-state index in [1.54, 1.807) is 6.07 Å². The maximum Gasteiger partial charge on any atom is 0.338 e. The third-order valence-corrected chi connectivity index (χ3v) is 13.2. The highest BCUT2D eigenvalue weighted by Crippen LogP contribution is 2.53. The fourth-order valence-corrected chi connectivity index (χ4v) is 9.68. The topological polar surface area (TPSA) is 88.5 Å². The minimum Gasteiger partial charge on any atom is -0.481 e. The maximum atomic E-state index is 12.3. The van der Waals surface area contributed by atoms with E-state index in [4.69, 9.17) is 21.3 Å². The number of esters is 1. The second-order valence-electron chi connectivity index (χ2n) is 15.5. The van der Waals surface area contributed by atoms with E-state index in [1.165, 1.54) is 76.9 Å². The first kappa shape index (κ1) is 40.0. The van der Waals surface area contributed by atoms with Crippen molar-refractivity contribution in [3.63, 3.8) is 0 Å². The summed E-state index contributed by atoms with van der Waals surface area (Å²) in [7, 11) is 1.40. The predicted octanol–water partition coefficient (Wildman–Crippen LogP) is 11.7. The molecule has 0 unspecified atom stereocenters. The fraction of sp³-hybridized carbons (Fsp3) is 0.457. The molecule has 3 aromatic carbocycles. The number of carbonyl (C=O) groups is 2. The molecule has 1 heterocycles. The first-order valence-electron chi connectivity index (χ1n) is 19.9. The van der Waals surface area contributed by atoms with Gasteiger partial charge in [0.15, 0.2) is 0 Å². The van der Waals surface area contributed by atoms with Gasteiger partial charge in [0.2, 0.25) is 0 Å². The summed E-state index contributed by atoms with van der Waals surface area (Å²) in [4.78, 5) is 28.5. The molecular formula is C46H55ClN2O4S. The van der Waals surface area contributed by atoms with Crippen LogP contribution in [-0.2, 0) is 16.0 Å². The molecule has 3 aliphatic carbocycles. The Hall–Kier alpha value is -3.65. The third kappa shape index (κ3) is 11.9. The summed E-state index contributed by atoms with van der Waals surface area (Å²) in [5.74, 6) is -0.269. The molecule has 3 aliphatic rings. The van der Waals surface area contributed by atoms with Gasteiger partial charge in [-0.05, 0) is 104 Å². The van der Waals surface area contributed by atoms with Crippen LogP contribution in [0, 0.1) is 5.41 Å². The van der Waals surface area contributed by atoms with Crippen molar-refractivity contribution >= 4 is 58.4 Å². The highest BCUT2D eigenvalue weighted by molar-refractivity contribution is 7.99. The van der Waals surface area contributed by atoms with Crippen LogP contribution < -0.4 is 5.32 Å². The van der Waals surface area contributed by atoms with Gasteiger partial charge in [-0.25, -0.2) is 9.78 Å². The van der Waals surface area contributed by atoms with Crippen molar-refractivity contribution in [2.75, 3.05) is 12.9 Å². The zero-order valence-corrected chi connectivity index (χ0v) is 33.2. The average molecular weight is 767 g/mol. The molecule has 2 N–H and O–H groups in total. The van der Waals surface area contributed by atoms with E-state index in [-0.39, 0.29) is 23.1 Å².